The van der Waals surface area contributed by atoms with Gasteiger partial charge in [0.1, 0.15) is 5.82 Å². The van der Waals surface area contributed by atoms with Crippen LogP contribution in [-0.4, -0.2) is 5.78 Å². The molecule has 2 rings (SSSR count). The number of benzene rings is 1. The molecule has 0 aliphatic carbocycles. The first-order chi connectivity index (χ1) is 8.00. The van der Waals surface area contributed by atoms with E-state index in [2.05, 4.69) is 15.9 Å². The predicted molar refractivity (Wildman–Crippen MR) is 61.2 cm³/mol. The van der Waals surface area contributed by atoms with Crippen LogP contribution in [0.1, 0.15) is 16.1 Å². The number of halogens is 4. The lowest BCUT2D eigenvalue weighted by molar-refractivity contribution is 0.100. The van der Waals surface area contributed by atoms with Crippen molar-refractivity contribution in [2.45, 2.75) is 0 Å². The molecule has 1 aromatic carbocycles. The molecule has 0 amide bonds. The van der Waals surface area contributed by atoms with Crippen molar-refractivity contribution in [2.75, 3.05) is 0 Å². The van der Waals surface area contributed by atoms with E-state index in [1.165, 1.54) is 18.2 Å². The summed E-state index contributed by atoms with van der Waals surface area (Å²) in [4.78, 5) is 11.8. The molecule has 0 fully saturated rings. The number of carbonyl (C=O) groups is 1. The Morgan fingerprint density at radius 1 is 1.24 bits per heavy atom. The van der Waals surface area contributed by atoms with E-state index < -0.39 is 23.0 Å². The smallest absolute Gasteiger partial charge is 0.234 e. The van der Waals surface area contributed by atoms with Crippen LogP contribution in [0.4, 0.5) is 8.78 Å². The quantitative estimate of drug-likeness (QED) is 0.613. The number of hydrogen-bond donors (Lipinski definition) is 0. The third-order valence-corrected chi connectivity index (χ3v) is 2.88. The molecule has 1 heterocycles. The standard InChI is InChI=1S/C11H4BrClF2O2/c12-5-1-2-6(14)9(10(5)15)11(16)7-3-4-8(13)17-7/h1-4H. The second-order valence-corrected chi connectivity index (χ2v) is 4.38. The number of rotatable bonds is 2. The van der Waals surface area contributed by atoms with E-state index in [1.807, 2.05) is 0 Å². The number of furan rings is 1. The molecule has 2 nitrogen and oxygen atoms in total. The molecule has 6 heteroatoms. The van der Waals surface area contributed by atoms with Crippen molar-refractivity contribution < 1.29 is 18.0 Å². The van der Waals surface area contributed by atoms with E-state index in [-0.39, 0.29) is 15.5 Å². The molecule has 88 valence electrons. The highest BCUT2D eigenvalue weighted by Gasteiger charge is 2.23. The minimum absolute atomic E-state index is 0.0000898. The Hall–Kier alpha value is -1.20. The summed E-state index contributed by atoms with van der Waals surface area (Å²) in [5, 5.41) is -0.0239. The Morgan fingerprint density at radius 3 is 2.53 bits per heavy atom. The zero-order valence-electron chi connectivity index (χ0n) is 8.14. The normalized spacial score (nSPS) is 10.6. The molecular weight excluding hydrogens is 317 g/mol. The lowest BCUT2D eigenvalue weighted by Crippen LogP contribution is -2.07. The van der Waals surface area contributed by atoms with E-state index >= 15 is 0 Å². The summed E-state index contributed by atoms with van der Waals surface area (Å²) in [7, 11) is 0. The zero-order chi connectivity index (χ0) is 12.6. The van der Waals surface area contributed by atoms with Crippen molar-refractivity contribution in [1.82, 2.24) is 0 Å². The van der Waals surface area contributed by atoms with Crippen LogP contribution in [0.5, 0.6) is 0 Å². The Bertz CT molecular complexity index is 595. The highest BCUT2D eigenvalue weighted by molar-refractivity contribution is 9.10. The Morgan fingerprint density at radius 2 is 1.94 bits per heavy atom. The largest absolute Gasteiger partial charge is 0.441 e. The van der Waals surface area contributed by atoms with Gasteiger partial charge in [0.2, 0.25) is 5.78 Å². The summed E-state index contributed by atoms with van der Waals surface area (Å²) in [5.74, 6) is -3.04. The molecule has 1 aromatic heterocycles. The first-order valence-electron chi connectivity index (χ1n) is 4.44. The van der Waals surface area contributed by atoms with Crippen molar-refractivity contribution >= 4 is 33.3 Å². The van der Waals surface area contributed by atoms with Gasteiger partial charge in [-0.05, 0) is 51.8 Å². The number of ketones is 1. The maximum Gasteiger partial charge on any atom is 0.234 e. The molecule has 0 atom stereocenters. The molecule has 0 radical (unpaired) electrons. The van der Waals surface area contributed by atoms with Crippen molar-refractivity contribution in [3.63, 3.8) is 0 Å². The lowest BCUT2D eigenvalue weighted by Gasteiger charge is -2.03. The van der Waals surface area contributed by atoms with Gasteiger partial charge < -0.3 is 4.42 Å². The fourth-order valence-corrected chi connectivity index (χ4v) is 1.77. The first-order valence-corrected chi connectivity index (χ1v) is 5.61. The predicted octanol–water partition coefficient (Wildman–Crippen LogP) is 4.20. The van der Waals surface area contributed by atoms with E-state index in [0.717, 1.165) is 6.07 Å². The molecule has 17 heavy (non-hydrogen) atoms. The van der Waals surface area contributed by atoms with Gasteiger partial charge in [0.25, 0.3) is 0 Å². The molecule has 0 spiro atoms. The van der Waals surface area contributed by atoms with E-state index in [1.54, 1.807) is 0 Å². The third-order valence-electron chi connectivity index (χ3n) is 2.07. The first kappa shape index (κ1) is 12.3. The van der Waals surface area contributed by atoms with Crippen LogP contribution in [0.3, 0.4) is 0 Å². The minimum Gasteiger partial charge on any atom is -0.441 e. The molecule has 0 aliphatic heterocycles. The van der Waals surface area contributed by atoms with Crippen molar-refractivity contribution in [1.29, 1.82) is 0 Å². The average molecular weight is 322 g/mol. The maximum absolute atomic E-state index is 13.6. The second kappa shape index (κ2) is 4.58. The Balaban J connectivity index is 2.54. The van der Waals surface area contributed by atoms with Gasteiger partial charge in [-0.15, -0.1) is 0 Å². The van der Waals surface area contributed by atoms with Gasteiger partial charge in [-0.1, -0.05) is 0 Å². The van der Waals surface area contributed by atoms with Crippen LogP contribution in [0.15, 0.2) is 33.2 Å². The summed E-state index contributed by atoms with van der Waals surface area (Å²) in [6.45, 7) is 0. The fourth-order valence-electron chi connectivity index (χ4n) is 1.29. The monoisotopic (exact) mass is 320 g/mol. The highest BCUT2D eigenvalue weighted by atomic mass is 79.9. The van der Waals surface area contributed by atoms with Gasteiger partial charge in [0, 0.05) is 0 Å². The molecule has 0 aliphatic rings. The summed E-state index contributed by atoms with van der Waals surface area (Å²) < 4.78 is 31.9. The van der Waals surface area contributed by atoms with Crippen LogP contribution >= 0.6 is 27.5 Å². The Labute approximate surface area is 108 Å². The summed E-state index contributed by atoms with van der Waals surface area (Å²) in [5.41, 5.74) is -0.676. The molecular formula is C11H4BrClF2O2. The fraction of sp³-hybridized carbons (Fsp3) is 0. The van der Waals surface area contributed by atoms with E-state index in [0.29, 0.717) is 0 Å². The molecule has 0 bridgehead atoms. The van der Waals surface area contributed by atoms with Gasteiger partial charge in [-0.25, -0.2) is 8.78 Å². The van der Waals surface area contributed by atoms with Gasteiger partial charge in [0.15, 0.2) is 16.8 Å². The Kier molecular flexibility index (Phi) is 3.31. The van der Waals surface area contributed by atoms with Gasteiger partial charge in [-0.2, -0.15) is 0 Å². The second-order valence-electron chi connectivity index (χ2n) is 3.15. The lowest BCUT2D eigenvalue weighted by atomic mass is 10.1. The van der Waals surface area contributed by atoms with Crippen LogP contribution in [-0.2, 0) is 0 Å². The molecule has 0 saturated heterocycles. The third kappa shape index (κ3) is 2.25. The maximum atomic E-state index is 13.6. The number of hydrogen-bond acceptors (Lipinski definition) is 2. The van der Waals surface area contributed by atoms with Crippen LogP contribution < -0.4 is 0 Å². The average Bonchev–Trinajstić information content (AvgIpc) is 2.71. The van der Waals surface area contributed by atoms with Crippen molar-refractivity contribution in [3.8, 4) is 0 Å². The van der Waals surface area contributed by atoms with Gasteiger partial charge in [0.05, 0.1) is 10.0 Å². The summed E-state index contributed by atoms with van der Waals surface area (Å²) in [6, 6.07) is 4.74. The van der Waals surface area contributed by atoms with Crippen LogP contribution in [0.25, 0.3) is 0 Å². The highest BCUT2D eigenvalue weighted by Crippen LogP contribution is 2.25. The van der Waals surface area contributed by atoms with Gasteiger partial charge >= 0.3 is 0 Å². The topological polar surface area (TPSA) is 30.2 Å². The zero-order valence-corrected chi connectivity index (χ0v) is 10.5. The number of carbonyl (C=O) groups excluding carboxylic acids is 1. The summed E-state index contributed by atoms with van der Waals surface area (Å²) >= 11 is 8.36. The molecule has 2 aromatic rings. The van der Waals surface area contributed by atoms with Crippen LogP contribution in [0, 0.1) is 11.6 Å². The minimum atomic E-state index is -0.970. The van der Waals surface area contributed by atoms with E-state index in [4.69, 9.17) is 16.0 Å². The molecule has 0 saturated carbocycles. The molecule has 0 unspecified atom stereocenters. The molecule has 0 N–H and O–H groups in total. The van der Waals surface area contributed by atoms with Crippen molar-refractivity contribution in [2.24, 2.45) is 0 Å². The van der Waals surface area contributed by atoms with Crippen LogP contribution in [0.2, 0.25) is 5.22 Å². The van der Waals surface area contributed by atoms with E-state index in [9.17, 15) is 13.6 Å². The summed E-state index contributed by atoms with van der Waals surface area (Å²) in [6.07, 6.45) is 0. The van der Waals surface area contributed by atoms with Crippen molar-refractivity contribution in [3.05, 3.63) is 56.9 Å². The SMILES string of the molecule is O=C(c1ccc(Cl)o1)c1c(F)ccc(Br)c1F. The van der Waals surface area contributed by atoms with Gasteiger partial charge in [-0.3, -0.25) is 4.79 Å².